The zero-order chi connectivity index (χ0) is 14.7. The number of hydrogen-bond donors (Lipinski definition) is 0. The molecule has 3 aliphatic rings. The van der Waals surface area contributed by atoms with Crippen LogP contribution in [0.2, 0.25) is 0 Å². The Bertz CT molecular complexity index is 489. The van der Waals surface area contributed by atoms with Crippen LogP contribution in [0.3, 0.4) is 0 Å². The van der Waals surface area contributed by atoms with Crippen molar-refractivity contribution in [3.8, 4) is 0 Å². The third-order valence-corrected chi connectivity index (χ3v) is 3.43. The molecule has 4 atom stereocenters. The Kier molecular flexibility index (Phi) is 2.66. The van der Waals surface area contributed by atoms with Crippen LogP contribution in [0.15, 0.2) is 12.2 Å². The molecule has 7 heteroatoms. The molecular formula is C13H15NO6. The fraction of sp³-hybridized carbons (Fsp3) is 0.615. The second-order valence-electron chi connectivity index (χ2n) is 6.03. The van der Waals surface area contributed by atoms with Crippen LogP contribution < -0.4 is 0 Å². The smallest absolute Gasteiger partial charge is 0.427 e. The molecule has 0 saturated carbocycles. The van der Waals surface area contributed by atoms with Crippen LogP contribution in [0.25, 0.3) is 0 Å². The lowest BCUT2D eigenvalue weighted by Crippen LogP contribution is -2.38. The first-order valence-corrected chi connectivity index (χ1v) is 6.40. The van der Waals surface area contributed by atoms with Crippen LogP contribution in [0.4, 0.5) is 4.79 Å². The van der Waals surface area contributed by atoms with Gasteiger partial charge in [-0.2, -0.15) is 0 Å². The van der Waals surface area contributed by atoms with Crippen molar-refractivity contribution in [2.24, 2.45) is 11.8 Å². The summed E-state index contributed by atoms with van der Waals surface area (Å²) in [5.74, 6) is -2.30. The highest BCUT2D eigenvalue weighted by Crippen LogP contribution is 2.45. The molecule has 0 radical (unpaired) electrons. The molecule has 7 nitrogen and oxygen atoms in total. The summed E-state index contributed by atoms with van der Waals surface area (Å²) < 4.78 is 10.4. The lowest BCUT2D eigenvalue weighted by molar-refractivity contribution is -0.184. The molecule has 2 saturated heterocycles. The summed E-state index contributed by atoms with van der Waals surface area (Å²) in [5.41, 5.74) is -0.761. The molecule has 0 aromatic carbocycles. The van der Waals surface area contributed by atoms with Gasteiger partial charge in [-0.25, -0.2) is 4.79 Å². The van der Waals surface area contributed by atoms with E-state index in [-0.39, 0.29) is 0 Å². The number of rotatable bonds is 1. The van der Waals surface area contributed by atoms with Gasteiger partial charge in [-0.1, -0.05) is 17.2 Å². The quantitative estimate of drug-likeness (QED) is 0.401. The maximum Gasteiger partial charge on any atom is 0.534 e. The monoisotopic (exact) mass is 281 g/mol. The number of hydrogen-bond acceptors (Lipinski definition) is 6. The average molecular weight is 281 g/mol. The minimum Gasteiger partial charge on any atom is -0.427 e. The van der Waals surface area contributed by atoms with Crippen molar-refractivity contribution >= 4 is 18.0 Å². The van der Waals surface area contributed by atoms with E-state index in [2.05, 4.69) is 0 Å². The van der Waals surface area contributed by atoms with Crippen LogP contribution >= 0.6 is 0 Å². The van der Waals surface area contributed by atoms with Gasteiger partial charge in [0.05, 0.1) is 24.0 Å². The van der Waals surface area contributed by atoms with Crippen LogP contribution in [-0.4, -0.2) is 40.8 Å². The SMILES string of the molecule is CC(C)(C)OC(=O)ON1C(=O)[C@@H]2[C@H](C1=O)[C@H]1C=C[C@@H]2O1. The van der Waals surface area contributed by atoms with Gasteiger partial charge < -0.3 is 9.47 Å². The van der Waals surface area contributed by atoms with Gasteiger partial charge in [-0.3, -0.25) is 14.4 Å². The van der Waals surface area contributed by atoms with Crippen LogP contribution in [-0.2, 0) is 23.9 Å². The topological polar surface area (TPSA) is 82.1 Å². The van der Waals surface area contributed by atoms with E-state index in [0.717, 1.165) is 0 Å². The maximum atomic E-state index is 12.1. The van der Waals surface area contributed by atoms with Crippen LogP contribution in [0.5, 0.6) is 0 Å². The highest BCUT2D eigenvalue weighted by atomic mass is 16.8. The number of hydroxylamine groups is 2. The molecule has 0 N–H and O–H groups in total. The third-order valence-electron chi connectivity index (χ3n) is 3.43. The van der Waals surface area contributed by atoms with Gasteiger partial charge in [0.25, 0.3) is 11.8 Å². The molecular weight excluding hydrogens is 266 g/mol. The summed E-state index contributed by atoms with van der Waals surface area (Å²) in [5, 5.41) is 0.513. The zero-order valence-electron chi connectivity index (χ0n) is 11.4. The Hall–Kier alpha value is -1.89. The number of amides is 2. The van der Waals surface area contributed by atoms with E-state index in [1.165, 1.54) is 0 Å². The summed E-state index contributed by atoms with van der Waals surface area (Å²) in [6.45, 7) is 4.98. The molecule has 2 amide bonds. The fourth-order valence-corrected chi connectivity index (χ4v) is 2.71. The van der Waals surface area contributed by atoms with Crippen LogP contribution in [0.1, 0.15) is 20.8 Å². The first kappa shape index (κ1) is 13.1. The van der Waals surface area contributed by atoms with Gasteiger partial charge >= 0.3 is 6.16 Å². The van der Waals surface area contributed by atoms with Gasteiger partial charge in [0.15, 0.2) is 0 Å². The Balaban J connectivity index is 1.72. The molecule has 108 valence electrons. The van der Waals surface area contributed by atoms with Gasteiger partial charge in [-0.05, 0) is 20.8 Å². The maximum absolute atomic E-state index is 12.1. The van der Waals surface area contributed by atoms with E-state index >= 15 is 0 Å². The Morgan fingerprint density at radius 2 is 1.65 bits per heavy atom. The molecule has 3 heterocycles. The summed E-state index contributed by atoms with van der Waals surface area (Å²) in [7, 11) is 0. The predicted octanol–water partition coefficient (Wildman–Crippen LogP) is 0.791. The normalized spacial score (nSPS) is 34.6. The van der Waals surface area contributed by atoms with Crippen molar-refractivity contribution in [2.75, 3.05) is 0 Å². The Labute approximate surface area is 115 Å². The van der Waals surface area contributed by atoms with Crippen molar-refractivity contribution in [1.82, 2.24) is 5.06 Å². The van der Waals surface area contributed by atoms with E-state index in [1.54, 1.807) is 32.9 Å². The highest BCUT2D eigenvalue weighted by Gasteiger charge is 2.62. The number of ether oxygens (including phenoxy) is 2. The van der Waals surface area contributed by atoms with Crippen molar-refractivity contribution in [3.63, 3.8) is 0 Å². The van der Waals surface area contributed by atoms with Crippen molar-refractivity contribution in [1.29, 1.82) is 0 Å². The standard InChI is InChI=1S/C13H15NO6/c1-13(2,3)19-12(17)20-14-10(15)8-6-4-5-7(18-6)9(8)11(14)16/h4-9H,1-3H3/t6-,7+,8-,9+. The predicted molar refractivity (Wildman–Crippen MR) is 64.0 cm³/mol. The average Bonchev–Trinajstić information content (AvgIpc) is 2.96. The molecule has 3 rings (SSSR count). The summed E-state index contributed by atoms with van der Waals surface area (Å²) in [6.07, 6.45) is 1.63. The molecule has 2 fully saturated rings. The summed E-state index contributed by atoms with van der Waals surface area (Å²) in [4.78, 5) is 40.6. The zero-order valence-corrected chi connectivity index (χ0v) is 11.4. The fourth-order valence-electron chi connectivity index (χ4n) is 2.71. The van der Waals surface area contributed by atoms with E-state index in [4.69, 9.17) is 14.3 Å². The summed E-state index contributed by atoms with van der Waals surface area (Å²) in [6, 6.07) is 0. The molecule has 0 aromatic heterocycles. The van der Waals surface area contributed by atoms with Crippen molar-refractivity contribution < 1.29 is 28.7 Å². The second kappa shape index (κ2) is 4.05. The Morgan fingerprint density at radius 3 is 2.10 bits per heavy atom. The number of carbonyl (C=O) groups excluding carboxylic acids is 3. The van der Waals surface area contributed by atoms with Gasteiger partial charge in [-0.15, -0.1) is 0 Å². The van der Waals surface area contributed by atoms with Crippen molar-refractivity contribution in [3.05, 3.63) is 12.2 Å². The number of imide groups is 1. The largest absolute Gasteiger partial charge is 0.534 e. The highest BCUT2D eigenvalue weighted by molar-refractivity contribution is 6.06. The second-order valence-corrected chi connectivity index (χ2v) is 6.03. The minimum absolute atomic E-state index is 0.409. The number of carbonyl (C=O) groups is 3. The molecule has 0 spiro atoms. The van der Waals surface area contributed by atoms with Gasteiger partial charge in [0, 0.05) is 0 Å². The molecule has 3 aliphatic heterocycles. The van der Waals surface area contributed by atoms with Gasteiger partial charge in [0.2, 0.25) is 0 Å². The van der Waals surface area contributed by atoms with Crippen LogP contribution in [0, 0.1) is 11.8 Å². The molecule has 2 bridgehead atoms. The third kappa shape index (κ3) is 1.89. The molecule has 20 heavy (non-hydrogen) atoms. The first-order valence-electron chi connectivity index (χ1n) is 6.40. The Morgan fingerprint density at radius 1 is 1.15 bits per heavy atom. The number of fused-ring (bicyclic) bond motifs is 5. The van der Waals surface area contributed by atoms with Crippen molar-refractivity contribution in [2.45, 2.75) is 38.6 Å². The van der Waals surface area contributed by atoms with E-state index in [9.17, 15) is 14.4 Å². The molecule has 0 aliphatic carbocycles. The molecule has 0 aromatic rings. The summed E-state index contributed by atoms with van der Waals surface area (Å²) >= 11 is 0. The van der Waals surface area contributed by atoms with E-state index in [1.807, 2.05) is 0 Å². The van der Waals surface area contributed by atoms with Gasteiger partial charge in [0.1, 0.15) is 5.60 Å². The van der Waals surface area contributed by atoms with E-state index < -0.39 is 47.6 Å². The lowest BCUT2D eigenvalue weighted by atomic mass is 9.85. The minimum atomic E-state index is -1.07. The molecule has 0 unspecified atom stereocenters. The first-order chi connectivity index (χ1) is 9.28. The van der Waals surface area contributed by atoms with E-state index in [0.29, 0.717) is 5.06 Å². The number of nitrogens with zero attached hydrogens (tertiary/aromatic N) is 1. The lowest BCUT2D eigenvalue weighted by Gasteiger charge is -2.21.